The summed E-state index contributed by atoms with van der Waals surface area (Å²) in [7, 11) is 0. The molecule has 0 spiro atoms. The number of nitrogens with two attached hydrogens (primary N) is 1. The number of hydrogen-bond acceptors (Lipinski definition) is 3. The van der Waals surface area contributed by atoms with Crippen LogP contribution in [0.4, 0.5) is 0 Å². The Morgan fingerprint density at radius 1 is 0.519 bits per heavy atom. The molecule has 4 nitrogen and oxygen atoms in total. The summed E-state index contributed by atoms with van der Waals surface area (Å²) in [6, 6.07) is 61.3. The van der Waals surface area contributed by atoms with E-state index in [0.717, 1.165) is 65.9 Å². The molecule has 0 saturated carbocycles. The van der Waals surface area contributed by atoms with E-state index in [2.05, 4.69) is 158 Å². The van der Waals surface area contributed by atoms with Crippen LogP contribution in [0.25, 0.3) is 75.1 Å². The topological polar surface area (TPSA) is 63.9 Å². The Kier molecular flexibility index (Phi) is 7.85. The van der Waals surface area contributed by atoms with Crippen molar-refractivity contribution in [2.45, 2.75) is 6.54 Å². The van der Waals surface area contributed by atoms with Crippen LogP contribution in [0.5, 0.6) is 0 Å². The third-order valence-corrected chi connectivity index (χ3v) is 11.3. The third-order valence-electron chi connectivity index (χ3n) is 10.2. The van der Waals surface area contributed by atoms with Crippen LogP contribution in [0, 0.1) is 0 Å². The predicted molar refractivity (Wildman–Crippen MR) is 229 cm³/mol. The van der Waals surface area contributed by atoms with Crippen molar-refractivity contribution in [2.24, 2.45) is 15.7 Å². The minimum Gasteiger partial charge on any atom is -0.456 e. The van der Waals surface area contributed by atoms with Crippen LogP contribution < -0.4 is 5.73 Å². The van der Waals surface area contributed by atoms with E-state index in [-0.39, 0.29) is 0 Å². The predicted octanol–water partition coefficient (Wildman–Crippen LogP) is 12.8. The summed E-state index contributed by atoms with van der Waals surface area (Å²) in [5.74, 6) is 1.02. The Bertz CT molecular complexity index is 3100. The number of nitrogens with zero attached hydrogens (tertiary/aromatic N) is 2. The highest BCUT2D eigenvalue weighted by Gasteiger charge is 2.16. The second-order valence-corrected chi connectivity index (χ2v) is 14.6. The molecule has 8 aromatic carbocycles. The van der Waals surface area contributed by atoms with Gasteiger partial charge in [-0.25, -0.2) is 4.99 Å². The molecule has 0 saturated heterocycles. The van der Waals surface area contributed by atoms with Gasteiger partial charge >= 0.3 is 0 Å². The first-order valence-electron chi connectivity index (χ1n) is 18.0. The number of rotatable bonds is 6. The van der Waals surface area contributed by atoms with E-state index in [1.54, 1.807) is 11.3 Å². The maximum absolute atomic E-state index is 6.96. The number of aliphatic imine (C=N–C) groups is 2. The van der Waals surface area contributed by atoms with Crippen LogP contribution in [0.2, 0.25) is 0 Å². The van der Waals surface area contributed by atoms with E-state index in [0.29, 0.717) is 18.2 Å². The molecule has 0 bridgehead atoms. The van der Waals surface area contributed by atoms with E-state index >= 15 is 0 Å². The summed E-state index contributed by atoms with van der Waals surface area (Å²) < 4.78 is 8.82. The minimum atomic E-state index is 0.393. The van der Waals surface area contributed by atoms with Crippen molar-refractivity contribution in [1.82, 2.24) is 0 Å². The zero-order chi connectivity index (χ0) is 36.0. The Labute approximate surface area is 316 Å². The first-order valence-corrected chi connectivity index (χ1v) is 18.9. The number of fused-ring (bicyclic) bond motifs is 7. The lowest BCUT2D eigenvalue weighted by atomic mass is 9.97. The van der Waals surface area contributed by atoms with E-state index < -0.39 is 0 Å². The molecule has 0 aliphatic carbocycles. The Hall–Kier alpha value is -6.82. The van der Waals surface area contributed by atoms with Gasteiger partial charge in [0.1, 0.15) is 17.0 Å². The van der Waals surface area contributed by atoms with Gasteiger partial charge in [-0.3, -0.25) is 4.99 Å². The van der Waals surface area contributed by atoms with Crippen LogP contribution in [0.15, 0.2) is 190 Å². The molecule has 10 aromatic rings. The Morgan fingerprint density at radius 2 is 1.24 bits per heavy atom. The van der Waals surface area contributed by atoms with E-state index in [4.69, 9.17) is 20.1 Å². The minimum absolute atomic E-state index is 0.393. The van der Waals surface area contributed by atoms with Crippen LogP contribution in [0.1, 0.15) is 16.7 Å². The normalized spacial score (nSPS) is 12.4. The Morgan fingerprint density at radius 3 is 2.15 bits per heavy atom. The van der Waals surface area contributed by atoms with Gasteiger partial charge in [-0.1, -0.05) is 133 Å². The lowest BCUT2D eigenvalue weighted by molar-refractivity contribution is 0.668. The molecule has 256 valence electrons. The average Bonchev–Trinajstić information content (AvgIpc) is 3.81. The second-order valence-electron chi connectivity index (χ2n) is 13.5. The summed E-state index contributed by atoms with van der Waals surface area (Å²) in [6.07, 6.45) is 0. The molecule has 2 N–H and O–H groups in total. The molecule has 0 atom stereocenters. The fourth-order valence-corrected chi connectivity index (χ4v) is 8.69. The molecular weight excluding hydrogens is 679 g/mol. The molecule has 54 heavy (non-hydrogen) atoms. The van der Waals surface area contributed by atoms with E-state index in [1.165, 1.54) is 25.9 Å². The highest BCUT2D eigenvalue weighted by molar-refractivity contribution is 7.25. The number of hydrogen-bond donors (Lipinski definition) is 1. The molecular formula is C49H33N3OS. The molecule has 2 heterocycles. The van der Waals surface area contributed by atoms with Crippen molar-refractivity contribution < 1.29 is 4.42 Å². The van der Waals surface area contributed by atoms with Gasteiger partial charge in [0.15, 0.2) is 5.84 Å². The van der Waals surface area contributed by atoms with Gasteiger partial charge in [-0.15, -0.1) is 11.3 Å². The van der Waals surface area contributed by atoms with Gasteiger partial charge in [0.05, 0.1) is 6.54 Å². The highest BCUT2D eigenvalue weighted by Crippen LogP contribution is 2.37. The zero-order valence-electron chi connectivity index (χ0n) is 29.2. The molecule has 10 rings (SSSR count). The fourth-order valence-electron chi connectivity index (χ4n) is 7.56. The molecule has 0 fully saturated rings. The zero-order valence-corrected chi connectivity index (χ0v) is 30.1. The first-order chi connectivity index (χ1) is 26.7. The standard InChI is InChI=1S/C49H33N3OS/c50-48(40-19-10-22-45-47(40)39-18-6-7-21-44(39)54-45)52-49(37-24-23-32-13-4-5-14-33(32)28-37)51-30-38-17-9-20-43-46(38)41-29-36(25-26-42(41)53-43)35-16-8-15-34(27-35)31-11-2-1-3-12-31/h1-29H,30H2,(H2,50,51,52). The largest absolute Gasteiger partial charge is 0.456 e. The molecule has 5 heteroatoms. The molecule has 0 aliphatic heterocycles. The van der Waals surface area contributed by atoms with Gasteiger partial charge in [0.25, 0.3) is 0 Å². The van der Waals surface area contributed by atoms with E-state index in [1.807, 2.05) is 18.2 Å². The monoisotopic (exact) mass is 711 g/mol. The quantitative estimate of drug-likeness (QED) is 0.138. The summed E-state index contributed by atoms with van der Waals surface area (Å²) in [5.41, 5.74) is 16.2. The van der Waals surface area contributed by atoms with Gasteiger partial charge in [0.2, 0.25) is 0 Å². The number of amidine groups is 2. The first kappa shape index (κ1) is 31.9. The smallest absolute Gasteiger partial charge is 0.157 e. The number of thiophene rings is 1. The van der Waals surface area contributed by atoms with Crippen molar-refractivity contribution in [3.8, 4) is 22.3 Å². The van der Waals surface area contributed by atoms with Gasteiger partial charge in [0, 0.05) is 42.1 Å². The summed E-state index contributed by atoms with van der Waals surface area (Å²) in [4.78, 5) is 10.4. The summed E-state index contributed by atoms with van der Waals surface area (Å²) in [5, 5.41) is 6.70. The molecule has 0 aliphatic rings. The summed E-state index contributed by atoms with van der Waals surface area (Å²) in [6.45, 7) is 0.393. The van der Waals surface area contributed by atoms with Crippen molar-refractivity contribution in [3.63, 3.8) is 0 Å². The lowest BCUT2D eigenvalue weighted by Crippen LogP contribution is -2.17. The van der Waals surface area contributed by atoms with Gasteiger partial charge < -0.3 is 10.2 Å². The number of furan rings is 1. The Balaban J connectivity index is 1.09. The van der Waals surface area contributed by atoms with Crippen molar-refractivity contribution in [1.29, 1.82) is 0 Å². The van der Waals surface area contributed by atoms with Crippen molar-refractivity contribution in [3.05, 3.63) is 193 Å². The van der Waals surface area contributed by atoms with Gasteiger partial charge in [-0.2, -0.15) is 0 Å². The maximum Gasteiger partial charge on any atom is 0.157 e. The van der Waals surface area contributed by atoms with Crippen LogP contribution in [-0.2, 0) is 6.54 Å². The van der Waals surface area contributed by atoms with Crippen LogP contribution in [-0.4, -0.2) is 11.7 Å². The maximum atomic E-state index is 6.96. The molecule has 0 unspecified atom stereocenters. The van der Waals surface area contributed by atoms with Crippen LogP contribution in [0.3, 0.4) is 0 Å². The summed E-state index contributed by atoms with van der Waals surface area (Å²) >= 11 is 1.77. The molecule has 0 radical (unpaired) electrons. The van der Waals surface area contributed by atoms with Gasteiger partial charge in [-0.05, 0) is 81.1 Å². The average molecular weight is 712 g/mol. The lowest BCUT2D eigenvalue weighted by Gasteiger charge is -2.09. The SMILES string of the molecule is N/C(=N\C(=N/Cc1cccc2oc3ccc(-c4cccc(-c5ccccc5)c4)cc3c12)c1ccc2ccccc2c1)c1cccc2sc3ccccc3c12. The fraction of sp³-hybridized carbons (Fsp3) is 0.0204. The molecule has 0 amide bonds. The van der Waals surface area contributed by atoms with E-state index in [9.17, 15) is 0 Å². The van der Waals surface area contributed by atoms with Crippen molar-refractivity contribution >= 4 is 75.9 Å². The highest BCUT2D eigenvalue weighted by atomic mass is 32.1. The number of benzene rings is 8. The van der Waals surface area contributed by atoms with Crippen molar-refractivity contribution in [2.75, 3.05) is 0 Å². The third kappa shape index (κ3) is 5.72. The molecule has 2 aromatic heterocycles. The van der Waals surface area contributed by atoms with Crippen LogP contribution >= 0.6 is 11.3 Å². The second kappa shape index (κ2) is 13.3.